The van der Waals surface area contributed by atoms with Gasteiger partial charge in [-0.15, -0.1) is 13.2 Å². The van der Waals surface area contributed by atoms with Crippen LogP contribution in [0.15, 0.2) is 25.3 Å². The van der Waals surface area contributed by atoms with Crippen molar-refractivity contribution in [1.29, 1.82) is 0 Å². The molecule has 0 aliphatic carbocycles. The number of ether oxygens (including phenoxy) is 2. The molecule has 0 aliphatic rings. The van der Waals surface area contributed by atoms with Gasteiger partial charge in [-0.3, -0.25) is 9.59 Å². The SMILES string of the molecule is [2H]C(=C)CC([13CH2]C=C)(C(=O)OC)C(=O)OC. The van der Waals surface area contributed by atoms with Gasteiger partial charge in [-0.05, 0) is 12.8 Å². The van der Waals surface area contributed by atoms with Crippen LogP contribution in [-0.2, 0) is 19.1 Å². The molecule has 0 saturated carbocycles. The van der Waals surface area contributed by atoms with Gasteiger partial charge in [-0.25, -0.2) is 0 Å². The molecule has 0 heterocycles. The molecule has 0 aromatic rings. The molecule has 84 valence electrons. The molecule has 0 radical (unpaired) electrons. The highest BCUT2D eigenvalue weighted by atomic mass is 16.5. The van der Waals surface area contributed by atoms with Crippen LogP contribution in [0.3, 0.4) is 0 Å². The number of hydrogen-bond acceptors (Lipinski definition) is 4. The Balaban J connectivity index is 5.36. The summed E-state index contributed by atoms with van der Waals surface area (Å²) in [6.07, 6.45) is 1.32. The Labute approximate surface area is 91.0 Å². The van der Waals surface area contributed by atoms with Crippen LogP contribution >= 0.6 is 0 Å². The van der Waals surface area contributed by atoms with Crippen LogP contribution in [0.4, 0.5) is 0 Å². The second kappa shape index (κ2) is 6.01. The van der Waals surface area contributed by atoms with E-state index in [9.17, 15) is 9.59 Å². The van der Waals surface area contributed by atoms with E-state index in [0.29, 0.717) is 0 Å². The summed E-state index contributed by atoms with van der Waals surface area (Å²) in [6, 6.07) is -0.0438. The summed E-state index contributed by atoms with van der Waals surface area (Å²) in [5, 5.41) is 0. The van der Waals surface area contributed by atoms with E-state index in [2.05, 4.69) is 22.6 Å². The number of carbonyl (C=O) groups excluding carboxylic acids is 2. The standard InChI is InChI=1S/C11H16O4/c1-5-7-11(8-6-2,9(12)14-3)10(13)15-4/h5-6H,1-2,7-8H2,3-4H3/i5D,8+1. The first-order valence-electron chi connectivity index (χ1n) is 4.86. The first-order valence-corrected chi connectivity index (χ1v) is 4.36. The molecule has 0 aromatic heterocycles. The van der Waals surface area contributed by atoms with Crippen molar-refractivity contribution in [2.75, 3.05) is 14.2 Å². The molecule has 0 fully saturated rings. The van der Waals surface area contributed by atoms with Crippen LogP contribution in [0.25, 0.3) is 0 Å². The molecule has 0 amide bonds. The third-order valence-corrected chi connectivity index (χ3v) is 2.07. The fourth-order valence-electron chi connectivity index (χ4n) is 1.32. The van der Waals surface area contributed by atoms with Gasteiger partial charge < -0.3 is 9.47 Å². The largest absolute Gasteiger partial charge is 0.468 e. The summed E-state index contributed by atoms with van der Waals surface area (Å²) in [4.78, 5) is 23.3. The number of hydrogen-bond donors (Lipinski definition) is 0. The highest BCUT2D eigenvalue weighted by Crippen LogP contribution is 2.31. The fourth-order valence-corrected chi connectivity index (χ4v) is 1.32. The topological polar surface area (TPSA) is 52.6 Å². The molecule has 0 atom stereocenters. The second-order valence-electron chi connectivity index (χ2n) is 2.98. The van der Waals surface area contributed by atoms with Crippen LogP contribution in [0.1, 0.15) is 14.2 Å². The van der Waals surface area contributed by atoms with E-state index >= 15 is 0 Å². The zero-order valence-electron chi connectivity index (χ0n) is 10.0. The third-order valence-electron chi connectivity index (χ3n) is 2.07. The Hall–Kier alpha value is -1.58. The van der Waals surface area contributed by atoms with Gasteiger partial charge in [0.15, 0.2) is 5.41 Å². The van der Waals surface area contributed by atoms with Gasteiger partial charge in [-0.1, -0.05) is 12.1 Å². The monoisotopic (exact) mass is 214 g/mol. The Morgan fingerprint density at radius 1 is 1.27 bits per heavy atom. The minimum absolute atomic E-state index is 0.0438. The Bertz CT molecular complexity index is 293. The number of allylic oxidation sites excluding steroid dienone is 2. The fraction of sp³-hybridized carbons (Fsp3) is 0.455. The van der Waals surface area contributed by atoms with Gasteiger partial charge in [0.25, 0.3) is 0 Å². The van der Waals surface area contributed by atoms with Crippen molar-refractivity contribution in [1.82, 2.24) is 0 Å². The maximum Gasteiger partial charge on any atom is 0.323 e. The van der Waals surface area contributed by atoms with Crippen molar-refractivity contribution in [2.45, 2.75) is 12.8 Å². The van der Waals surface area contributed by atoms with Crippen LogP contribution in [-0.4, -0.2) is 26.2 Å². The maximum atomic E-state index is 11.7. The van der Waals surface area contributed by atoms with Crippen LogP contribution in [0.5, 0.6) is 0 Å². The highest BCUT2D eigenvalue weighted by Gasteiger charge is 2.46. The molecule has 0 N–H and O–H groups in total. The van der Waals surface area contributed by atoms with Crippen molar-refractivity contribution in [3.63, 3.8) is 0 Å². The molecule has 0 bridgehead atoms. The summed E-state index contributed by atoms with van der Waals surface area (Å²) < 4.78 is 16.5. The van der Waals surface area contributed by atoms with E-state index in [1.54, 1.807) is 0 Å². The summed E-state index contributed by atoms with van der Waals surface area (Å²) in [7, 11) is 2.35. The lowest BCUT2D eigenvalue weighted by atomic mass is 9.90. The van der Waals surface area contributed by atoms with E-state index in [0.717, 1.165) is 0 Å². The Kier molecular flexibility index (Phi) is 4.60. The van der Waals surface area contributed by atoms with Gasteiger partial charge in [0.2, 0.25) is 0 Å². The molecule has 4 nitrogen and oxygen atoms in total. The van der Waals surface area contributed by atoms with Crippen molar-refractivity contribution < 1.29 is 20.4 Å². The number of carbonyl (C=O) groups is 2. The molecule has 15 heavy (non-hydrogen) atoms. The predicted molar refractivity (Wildman–Crippen MR) is 56.1 cm³/mol. The molecular formula is C11H16O4. The van der Waals surface area contributed by atoms with Crippen molar-refractivity contribution in [2.24, 2.45) is 5.41 Å². The molecule has 0 unspecified atom stereocenters. The molecule has 0 aliphatic heterocycles. The first-order chi connectivity index (χ1) is 7.44. The Morgan fingerprint density at radius 2 is 1.73 bits per heavy atom. The van der Waals surface area contributed by atoms with Crippen LogP contribution in [0, 0.1) is 5.41 Å². The molecule has 0 spiro atoms. The van der Waals surface area contributed by atoms with E-state index in [-0.39, 0.29) is 18.9 Å². The average molecular weight is 214 g/mol. The number of rotatable bonds is 6. The summed E-state index contributed by atoms with van der Waals surface area (Å²) in [5.41, 5.74) is -1.54. The lowest BCUT2D eigenvalue weighted by molar-refractivity contribution is -0.168. The molecular weight excluding hydrogens is 197 g/mol. The summed E-state index contributed by atoms with van der Waals surface area (Å²) in [6.45, 7) is 6.85. The molecule has 0 saturated heterocycles. The lowest BCUT2D eigenvalue weighted by Gasteiger charge is -2.25. The minimum atomic E-state index is -1.54. The van der Waals surface area contributed by atoms with Gasteiger partial charge in [0.1, 0.15) is 0 Å². The minimum Gasteiger partial charge on any atom is -0.468 e. The maximum absolute atomic E-state index is 11.7. The summed E-state index contributed by atoms with van der Waals surface area (Å²) >= 11 is 0. The third kappa shape index (κ3) is 2.68. The van der Waals surface area contributed by atoms with E-state index in [1.807, 2.05) is 0 Å². The van der Waals surface area contributed by atoms with Gasteiger partial charge in [0, 0.05) is 0 Å². The van der Waals surface area contributed by atoms with Gasteiger partial charge >= 0.3 is 11.9 Å². The lowest BCUT2D eigenvalue weighted by Crippen LogP contribution is -2.40. The highest BCUT2D eigenvalue weighted by molar-refractivity contribution is 6.00. The van der Waals surface area contributed by atoms with Crippen LogP contribution in [0.2, 0.25) is 0 Å². The average Bonchev–Trinajstić information content (AvgIpc) is 2.25. The first kappa shape index (κ1) is 11.5. The number of esters is 2. The zero-order chi connectivity index (χ0) is 12.8. The van der Waals surface area contributed by atoms with Crippen molar-refractivity contribution in [3.05, 3.63) is 25.3 Å². The molecule has 0 rings (SSSR count). The van der Waals surface area contributed by atoms with E-state index in [1.165, 1.54) is 20.3 Å². The smallest absolute Gasteiger partial charge is 0.323 e. The summed E-state index contributed by atoms with van der Waals surface area (Å²) in [5.74, 6) is -1.49. The zero-order valence-corrected chi connectivity index (χ0v) is 9.04. The van der Waals surface area contributed by atoms with E-state index < -0.39 is 17.4 Å². The second-order valence-corrected chi connectivity index (χ2v) is 2.98. The normalized spacial score (nSPS) is 11.2. The number of methoxy groups -OCH3 is 2. The van der Waals surface area contributed by atoms with Gasteiger partial charge in [0.05, 0.1) is 15.6 Å². The van der Waals surface area contributed by atoms with E-state index in [4.69, 9.17) is 1.37 Å². The van der Waals surface area contributed by atoms with Crippen molar-refractivity contribution >= 4 is 11.9 Å². The Morgan fingerprint density at radius 3 is 2.00 bits per heavy atom. The quantitative estimate of drug-likeness (QED) is 0.291. The van der Waals surface area contributed by atoms with Crippen LogP contribution < -0.4 is 0 Å². The van der Waals surface area contributed by atoms with Crippen molar-refractivity contribution in [3.8, 4) is 0 Å². The molecule has 0 aromatic carbocycles. The molecule has 4 heteroatoms. The predicted octanol–water partition coefficient (Wildman–Crippen LogP) is 1.47. The van der Waals surface area contributed by atoms with Gasteiger partial charge in [-0.2, -0.15) is 0 Å².